The molecule has 3 heterocycles. The standard InChI is InChI=1S/C11H11N5OS2/c17-9(6-8-2-1-5-18-8)12-4-3-10-15-16-7-13-14-11(16)19-10/h1-2,5,7H,3-4,6H2,(H,12,17). The van der Waals surface area contributed by atoms with Gasteiger partial charge in [-0.05, 0) is 11.4 Å². The maximum absolute atomic E-state index is 11.7. The van der Waals surface area contributed by atoms with E-state index in [0.717, 1.165) is 14.8 Å². The minimum Gasteiger partial charge on any atom is -0.355 e. The van der Waals surface area contributed by atoms with Crippen LogP contribution in [0.1, 0.15) is 9.88 Å². The summed E-state index contributed by atoms with van der Waals surface area (Å²) in [5.74, 6) is 0.0467. The minimum atomic E-state index is 0.0467. The number of nitrogens with zero attached hydrogens (tertiary/aromatic N) is 4. The highest BCUT2D eigenvalue weighted by molar-refractivity contribution is 7.16. The summed E-state index contributed by atoms with van der Waals surface area (Å²) in [5.41, 5.74) is 0. The van der Waals surface area contributed by atoms with E-state index >= 15 is 0 Å². The number of hydrogen-bond acceptors (Lipinski definition) is 6. The summed E-state index contributed by atoms with van der Waals surface area (Å²) in [6.45, 7) is 0.592. The first kappa shape index (κ1) is 12.2. The van der Waals surface area contributed by atoms with Crippen LogP contribution >= 0.6 is 22.7 Å². The second-order valence-corrected chi connectivity index (χ2v) is 5.98. The van der Waals surface area contributed by atoms with Crippen molar-refractivity contribution in [1.82, 2.24) is 25.1 Å². The van der Waals surface area contributed by atoms with Gasteiger partial charge < -0.3 is 5.32 Å². The molecule has 1 amide bonds. The minimum absolute atomic E-state index is 0.0467. The molecule has 98 valence electrons. The average molecular weight is 293 g/mol. The lowest BCUT2D eigenvalue weighted by atomic mass is 10.3. The highest BCUT2D eigenvalue weighted by Crippen LogP contribution is 2.11. The summed E-state index contributed by atoms with van der Waals surface area (Å²) in [7, 11) is 0. The smallest absolute Gasteiger partial charge is 0.234 e. The van der Waals surface area contributed by atoms with Crippen LogP contribution < -0.4 is 5.32 Å². The predicted octanol–water partition coefficient (Wildman–Crippen LogP) is 1.15. The van der Waals surface area contributed by atoms with Crippen LogP contribution in [0.25, 0.3) is 4.96 Å². The van der Waals surface area contributed by atoms with Crippen molar-refractivity contribution in [2.24, 2.45) is 0 Å². The number of thiophene rings is 1. The van der Waals surface area contributed by atoms with Crippen molar-refractivity contribution in [3.05, 3.63) is 33.7 Å². The van der Waals surface area contributed by atoms with Gasteiger partial charge in [0.1, 0.15) is 11.3 Å². The maximum Gasteiger partial charge on any atom is 0.234 e. The van der Waals surface area contributed by atoms with Gasteiger partial charge in [0.2, 0.25) is 10.9 Å². The largest absolute Gasteiger partial charge is 0.355 e. The lowest BCUT2D eigenvalue weighted by Crippen LogP contribution is -2.26. The van der Waals surface area contributed by atoms with E-state index in [2.05, 4.69) is 20.6 Å². The van der Waals surface area contributed by atoms with Gasteiger partial charge in [-0.15, -0.1) is 21.5 Å². The van der Waals surface area contributed by atoms with E-state index in [-0.39, 0.29) is 5.91 Å². The molecule has 0 saturated heterocycles. The van der Waals surface area contributed by atoms with E-state index in [1.165, 1.54) is 11.3 Å². The van der Waals surface area contributed by atoms with Crippen LogP contribution in [0.5, 0.6) is 0 Å². The van der Waals surface area contributed by atoms with Crippen molar-refractivity contribution in [3.63, 3.8) is 0 Å². The maximum atomic E-state index is 11.7. The Morgan fingerprint density at radius 1 is 1.47 bits per heavy atom. The number of carbonyl (C=O) groups is 1. The summed E-state index contributed by atoms with van der Waals surface area (Å²) < 4.78 is 1.65. The van der Waals surface area contributed by atoms with Crippen molar-refractivity contribution in [2.75, 3.05) is 6.54 Å². The number of nitrogens with one attached hydrogen (secondary N) is 1. The molecule has 1 N–H and O–H groups in total. The Bertz CT molecular complexity index is 644. The monoisotopic (exact) mass is 293 g/mol. The third-order valence-electron chi connectivity index (χ3n) is 2.50. The molecule has 3 aromatic rings. The summed E-state index contributed by atoms with van der Waals surface area (Å²) >= 11 is 3.09. The highest BCUT2D eigenvalue weighted by Gasteiger charge is 2.07. The molecular weight excluding hydrogens is 282 g/mol. The number of carbonyl (C=O) groups excluding carboxylic acids is 1. The van der Waals surface area contributed by atoms with Gasteiger partial charge in [0, 0.05) is 17.8 Å². The molecule has 0 aliphatic rings. The van der Waals surface area contributed by atoms with E-state index < -0.39 is 0 Å². The fraction of sp³-hybridized carbons (Fsp3) is 0.273. The third kappa shape index (κ3) is 2.96. The number of amides is 1. The molecule has 0 atom stereocenters. The Morgan fingerprint density at radius 3 is 3.21 bits per heavy atom. The van der Waals surface area contributed by atoms with Crippen LogP contribution in [0.3, 0.4) is 0 Å². The van der Waals surface area contributed by atoms with Crippen LogP contribution in [0, 0.1) is 0 Å². The summed E-state index contributed by atoms with van der Waals surface area (Å²) in [6, 6.07) is 3.92. The van der Waals surface area contributed by atoms with Crippen molar-refractivity contribution >= 4 is 33.5 Å². The normalized spacial score (nSPS) is 10.9. The molecule has 0 bridgehead atoms. The molecule has 0 aromatic carbocycles. The van der Waals surface area contributed by atoms with Crippen molar-refractivity contribution in [2.45, 2.75) is 12.8 Å². The summed E-state index contributed by atoms with van der Waals surface area (Å²) in [6.07, 6.45) is 2.73. The number of fused-ring (bicyclic) bond motifs is 1. The molecule has 0 spiro atoms. The lowest BCUT2D eigenvalue weighted by Gasteiger charge is -2.01. The third-order valence-corrected chi connectivity index (χ3v) is 4.35. The average Bonchev–Trinajstić information content (AvgIpc) is 3.04. The number of hydrogen-bond donors (Lipinski definition) is 1. The van der Waals surface area contributed by atoms with E-state index in [4.69, 9.17) is 0 Å². The van der Waals surface area contributed by atoms with Gasteiger partial charge in [0.25, 0.3) is 0 Å². The zero-order valence-corrected chi connectivity index (χ0v) is 11.6. The van der Waals surface area contributed by atoms with Crippen molar-refractivity contribution in [1.29, 1.82) is 0 Å². The molecule has 0 fully saturated rings. The van der Waals surface area contributed by atoms with Crippen LogP contribution in [0.2, 0.25) is 0 Å². The number of aromatic nitrogens is 4. The Kier molecular flexibility index (Phi) is 3.51. The van der Waals surface area contributed by atoms with Gasteiger partial charge >= 0.3 is 0 Å². The molecular formula is C11H11N5OS2. The van der Waals surface area contributed by atoms with Gasteiger partial charge in [-0.2, -0.15) is 9.61 Å². The molecule has 3 aromatic heterocycles. The molecule has 8 heteroatoms. The predicted molar refractivity (Wildman–Crippen MR) is 73.4 cm³/mol. The first-order valence-corrected chi connectivity index (χ1v) is 7.46. The molecule has 0 radical (unpaired) electrons. The second-order valence-electron chi connectivity index (χ2n) is 3.91. The summed E-state index contributed by atoms with van der Waals surface area (Å²) in [5, 5.41) is 17.8. The topological polar surface area (TPSA) is 72.2 Å². The van der Waals surface area contributed by atoms with E-state index in [9.17, 15) is 4.79 Å². The lowest BCUT2D eigenvalue weighted by molar-refractivity contribution is -0.120. The molecule has 3 rings (SSSR count). The Morgan fingerprint density at radius 2 is 2.42 bits per heavy atom. The number of rotatable bonds is 5. The Hall–Kier alpha value is -1.80. The SMILES string of the molecule is O=C(Cc1cccs1)NCCc1nn2cnnc2s1. The Balaban J connectivity index is 1.47. The van der Waals surface area contributed by atoms with E-state index in [0.29, 0.717) is 19.4 Å². The van der Waals surface area contributed by atoms with Crippen LogP contribution in [-0.4, -0.2) is 32.3 Å². The molecule has 6 nitrogen and oxygen atoms in total. The first-order valence-electron chi connectivity index (χ1n) is 5.76. The van der Waals surface area contributed by atoms with E-state index in [1.54, 1.807) is 22.2 Å². The van der Waals surface area contributed by atoms with Gasteiger partial charge in [0.05, 0.1) is 6.42 Å². The quantitative estimate of drug-likeness (QED) is 0.766. The zero-order valence-electron chi connectivity index (χ0n) is 9.94. The van der Waals surface area contributed by atoms with Crippen molar-refractivity contribution in [3.8, 4) is 0 Å². The van der Waals surface area contributed by atoms with E-state index in [1.807, 2.05) is 17.5 Å². The van der Waals surface area contributed by atoms with Gasteiger partial charge in [0.15, 0.2) is 0 Å². The van der Waals surface area contributed by atoms with Crippen LogP contribution in [-0.2, 0) is 17.6 Å². The fourth-order valence-corrected chi connectivity index (χ4v) is 3.16. The zero-order chi connectivity index (χ0) is 13.1. The first-order chi connectivity index (χ1) is 9.31. The Labute approximate surface area is 117 Å². The van der Waals surface area contributed by atoms with Gasteiger partial charge in [-0.25, -0.2) is 0 Å². The molecule has 0 unspecified atom stereocenters. The van der Waals surface area contributed by atoms with Gasteiger partial charge in [-0.3, -0.25) is 4.79 Å². The van der Waals surface area contributed by atoms with Crippen molar-refractivity contribution < 1.29 is 4.79 Å². The molecule has 0 aliphatic carbocycles. The molecule has 0 saturated carbocycles. The highest BCUT2D eigenvalue weighted by atomic mass is 32.1. The van der Waals surface area contributed by atoms with Gasteiger partial charge in [-0.1, -0.05) is 17.4 Å². The van der Waals surface area contributed by atoms with Crippen LogP contribution in [0.15, 0.2) is 23.8 Å². The fourth-order valence-electron chi connectivity index (χ4n) is 1.64. The molecule has 19 heavy (non-hydrogen) atoms. The summed E-state index contributed by atoms with van der Waals surface area (Å²) in [4.78, 5) is 13.5. The second kappa shape index (κ2) is 5.45. The molecule has 0 aliphatic heterocycles. The van der Waals surface area contributed by atoms with Crippen LogP contribution in [0.4, 0.5) is 0 Å².